The standard InChI is InChI=1S/C16H40O5Si3/c1-8-9-12-22(2,3)20-24(6,7)21-23(4,5)13-10-11-19-15-16(18)14-17/h16-18H,8-15H2,1-7H3. The summed E-state index contributed by atoms with van der Waals surface area (Å²) < 4.78 is 18.5. The Hall–Kier alpha value is 0.451. The van der Waals surface area contributed by atoms with Gasteiger partial charge in [0.1, 0.15) is 6.10 Å². The normalized spacial score (nSPS) is 14.9. The highest BCUT2D eigenvalue weighted by Crippen LogP contribution is 2.26. The number of aliphatic hydroxyl groups is 2. The van der Waals surface area contributed by atoms with Gasteiger partial charge in [0, 0.05) is 6.61 Å². The number of hydrogen-bond acceptors (Lipinski definition) is 5. The van der Waals surface area contributed by atoms with Gasteiger partial charge in [0.2, 0.25) is 0 Å². The molecule has 146 valence electrons. The monoisotopic (exact) mass is 396 g/mol. The molecule has 0 fully saturated rings. The average molecular weight is 397 g/mol. The fourth-order valence-electron chi connectivity index (χ4n) is 2.93. The highest BCUT2D eigenvalue weighted by atomic mass is 28.5. The van der Waals surface area contributed by atoms with E-state index in [1.165, 1.54) is 18.9 Å². The van der Waals surface area contributed by atoms with Gasteiger partial charge in [0.15, 0.2) is 16.6 Å². The first kappa shape index (κ1) is 24.5. The summed E-state index contributed by atoms with van der Waals surface area (Å²) in [5.74, 6) is 0. The van der Waals surface area contributed by atoms with Crippen molar-refractivity contribution in [3.63, 3.8) is 0 Å². The molecule has 0 aliphatic carbocycles. The van der Waals surface area contributed by atoms with Crippen LogP contribution in [0.2, 0.25) is 51.4 Å². The molecule has 0 spiro atoms. The van der Waals surface area contributed by atoms with Crippen molar-refractivity contribution < 1.29 is 23.2 Å². The van der Waals surface area contributed by atoms with Crippen LogP contribution in [0, 0.1) is 0 Å². The molecule has 0 rings (SSSR count). The third-order valence-electron chi connectivity index (χ3n) is 3.77. The van der Waals surface area contributed by atoms with Gasteiger partial charge < -0.3 is 23.2 Å². The van der Waals surface area contributed by atoms with E-state index in [9.17, 15) is 5.11 Å². The van der Waals surface area contributed by atoms with Gasteiger partial charge in [0.05, 0.1) is 13.2 Å². The first-order chi connectivity index (χ1) is 10.9. The molecule has 0 aromatic heterocycles. The van der Waals surface area contributed by atoms with Crippen molar-refractivity contribution >= 4 is 25.2 Å². The molecule has 24 heavy (non-hydrogen) atoms. The van der Waals surface area contributed by atoms with E-state index in [4.69, 9.17) is 18.1 Å². The highest BCUT2D eigenvalue weighted by Gasteiger charge is 2.39. The van der Waals surface area contributed by atoms with Crippen LogP contribution in [-0.4, -0.2) is 61.3 Å². The number of unbranched alkanes of at least 4 members (excludes halogenated alkanes) is 1. The minimum atomic E-state index is -2.11. The van der Waals surface area contributed by atoms with Gasteiger partial charge in [-0.25, -0.2) is 0 Å². The summed E-state index contributed by atoms with van der Waals surface area (Å²) in [4.78, 5) is 0. The van der Waals surface area contributed by atoms with Crippen molar-refractivity contribution in [2.45, 2.75) is 83.7 Å². The van der Waals surface area contributed by atoms with Crippen molar-refractivity contribution in [1.29, 1.82) is 0 Å². The Morgan fingerprint density at radius 3 is 1.83 bits per heavy atom. The van der Waals surface area contributed by atoms with Gasteiger partial charge in [0.25, 0.3) is 0 Å². The van der Waals surface area contributed by atoms with Crippen LogP contribution < -0.4 is 0 Å². The second kappa shape index (κ2) is 11.2. The van der Waals surface area contributed by atoms with Gasteiger partial charge in [-0.2, -0.15) is 0 Å². The van der Waals surface area contributed by atoms with Crippen molar-refractivity contribution in [1.82, 2.24) is 0 Å². The summed E-state index contributed by atoms with van der Waals surface area (Å²) in [5, 5.41) is 18.0. The molecular weight excluding hydrogens is 356 g/mol. The minimum Gasteiger partial charge on any atom is -0.437 e. The molecule has 0 radical (unpaired) electrons. The number of ether oxygens (including phenoxy) is 1. The molecule has 0 aliphatic rings. The van der Waals surface area contributed by atoms with Gasteiger partial charge in [-0.15, -0.1) is 0 Å². The predicted octanol–water partition coefficient (Wildman–Crippen LogP) is 3.69. The van der Waals surface area contributed by atoms with Gasteiger partial charge in [-0.1, -0.05) is 19.8 Å². The van der Waals surface area contributed by atoms with E-state index in [0.717, 1.165) is 12.5 Å². The van der Waals surface area contributed by atoms with Crippen LogP contribution in [-0.2, 0) is 13.0 Å². The lowest BCUT2D eigenvalue weighted by atomic mass is 10.4. The molecular formula is C16H40O5Si3. The number of rotatable bonds is 14. The maximum atomic E-state index is 9.24. The zero-order chi connectivity index (χ0) is 18.9. The van der Waals surface area contributed by atoms with E-state index < -0.39 is 31.3 Å². The van der Waals surface area contributed by atoms with Crippen LogP contribution in [0.5, 0.6) is 0 Å². The molecule has 5 nitrogen and oxygen atoms in total. The zero-order valence-electron chi connectivity index (χ0n) is 16.9. The fraction of sp³-hybridized carbons (Fsp3) is 1.00. The van der Waals surface area contributed by atoms with E-state index in [-0.39, 0.29) is 13.2 Å². The topological polar surface area (TPSA) is 68.2 Å². The lowest BCUT2D eigenvalue weighted by molar-refractivity contribution is 0.00638. The molecule has 0 aliphatic heterocycles. The Morgan fingerprint density at radius 2 is 1.38 bits per heavy atom. The van der Waals surface area contributed by atoms with Crippen molar-refractivity contribution in [2.24, 2.45) is 0 Å². The molecule has 1 atom stereocenters. The Labute approximate surface area is 152 Å². The Morgan fingerprint density at radius 1 is 0.875 bits per heavy atom. The van der Waals surface area contributed by atoms with Crippen LogP contribution in [0.4, 0.5) is 0 Å². The number of aliphatic hydroxyl groups excluding tert-OH is 2. The van der Waals surface area contributed by atoms with Crippen LogP contribution in [0.25, 0.3) is 0 Å². The Bertz CT molecular complexity index is 338. The minimum absolute atomic E-state index is 0.194. The van der Waals surface area contributed by atoms with Crippen molar-refractivity contribution in [2.75, 3.05) is 19.8 Å². The average Bonchev–Trinajstić information content (AvgIpc) is 2.41. The molecule has 0 aromatic rings. The van der Waals surface area contributed by atoms with Crippen LogP contribution in [0.1, 0.15) is 26.2 Å². The largest absolute Gasteiger partial charge is 0.437 e. The van der Waals surface area contributed by atoms with Crippen molar-refractivity contribution in [3.05, 3.63) is 0 Å². The summed E-state index contributed by atoms with van der Waals surface area (Å²) in [5.41, 5.74) is 0. The molecule has 0 saturated carbocycles. The van der Waals surface area contributed by atoms with Gasteiger partial charge in [-0.05, 0) is 57.8 Å². The summed E-state index contributed by atoms with van der Waals surface area (Å²) in [6.07, 6.45) is 2.59. The second-order valence-electron chi connectivity index (χ2n) is 8.24. The lowest BCUT2D eigenvalue weighted by Crippen LogP contribution is -2.52. The molecule has 2 N–H and O–H groups in total. The molecule has 0 aromatic carbocycles. The molecule has 0 amide bonds. The third kappa shape index (κ3) is 12.8. The first-order valence-electron chi connectivity index (χ1n) is 9.20. The molecule has 0 saturated heterocycles. The van der Waals surface area contributed by atoms with E-state index in [0.29, 0.717) is 6.61 Å². The number of hydrogen-bond donors (Lipinski definition) is 2. The molecule has 1 unspecified atom stereocenters. The fourth-order valence-corrected chi connectivity index (χ4v) is 17.1. The summed E-state index contributed by atoms with van der Waals surface area (Å²) in [7, 11) is -5.53. The SMILES string of the molecule is CCCC[Si](C)(C)O[Si](C)(C)O[Si](C)(C)CCCOCC(O)CO. The second-order valence-corrected chi connectivity index (χ2v) is 20.7. The maximum absolute atomic E-state index is 9.24. The van der Waals surface area contributed by atoms with Crippen molar-refractivity contribution in [3.8, 4) is 0 Å². The maximum Gasteiger partial charge on any atom is 0.311 e. The van der Waals surface area contributed by atoms with Gasteiger partial charge in [-0.3, -0.25) is 0 Å². The van der Waals surface area contributed by atoms with Crippen LogP contribution in [0.15, 0.2) is 0 Å². The Kier molecular flexibility index (Phi) is 11.4. The predicted molar refractivity (Wildman–Crippen MR) is 108 cm³/mol. The summed E-state index contributed by atoms with van der Waals surface area (Å²) >= 11 is 0. The van der Waals surface area contributed by atoms with Crippen LogP contribution in [0.3, 0.4) is 0 Å². The Balaban J connectivity index is 4.25. The summed E-state index contributed by atoms with van der Waals surface area (Å²) in [6, 6.07) is 2.21. The molecule has 8 heteroatoms. The van der Waals surface area contributed by atoms with E-state index in [2.05, 4.69) is 46.2 Å². The zero-order valence-corrected chi connectivity index (χ0v) is 19.9. The summed E-state index contributed by atoms with van der Waals surface area (Å²) in [6.45, 7) is 16.2. The van der Waals surface area contributed by atoms with E-state index in [1.54, 1.807) is 0 Å². The third-order valence-corrected chi connectivity index (χ3v) is 15.2. The van der Waals surface area contributed by atoms with Crippen LogP contribution >= 0.6 is 0 Å². The smallest absolute Gasteiger partial charge is 0.311 e. The molecule has 0 heterocycles. The van der Waals surface area contributed by atoms with E-state index >= 15 is 0 Å². The lowest BCUT2D eigenvalue weighted by Gasteiger charge is -2.38. The first-order valence-corrected chi connectivity index (χ1v) is 18.2. The molecule has 0 bridgehead atoms. The quantitative estimate of drug-likeness (QED) is 0.346. The van der Waals surface area contributed by atoms with E-state index in [1.807, 2.05) is 0 Å². The van der Waals surface area contributed by atoms with Gasteiger partial charge >= 0.3 is 8.56 Å². The highest BCUT2D eigenvalue weighted by molar-refractivity contribution is 6.87.